The first-order valence-corrected chi connectivity index (χ1v) is 13.5. The molecule has 37 heavy (non-hydrogen) atoms. The molecule has 12 heteroatoms. The number of nitrogens with one attached hydrogen (secondary N) is 1. The molecular weight excluding hydrogens is 537 g/mol. The van der Waals surface area contributed by atoms with E-state index in [2.05, 4.69) is 19.7 Å². The average Bonchev–Trinajstić information content (AvgIpc) is 2.85. The predicted molar refractivity (Wildman–Crippen MR) is 144 cm³/mol. The van der Waals surface area contributed by atoms with Crippen molar-refractivity contribution in [2.45, 2.75) is 18.4 Å². The zero-order valence-electron chi connectivity index (χ0n) is 20.4. The number of hydrogen-bond acceptors (Lipinski definition) is 8. The molecular formula is C25H25Cl2N5O4S. The van der Waals surface area contributed by atoms with Crippen molar-refractivity contribution in [1.29, 1.82) is 0 Å². The predicted octanol–water partition coefficient (Wildman–Crippen LogP) is 4.96. The molecule has 0 fully saturated rings. The number of ether oxygens (including phenoxy) is 2. The summed E-state index contributed by atoms with van der Waals surface area (Å²) in [6.07, 6.45) is 2.99. The summed E-state index contributed by atoms with van der Waals surface area (Å²) in [7, 11) is -0.106. The molecule has 0 aliphatic heterocycles. The molecule has 0 saturated heterocycles. The number of benzene rings is 2. The first-order chi connectivity index (χ1) is 17.6. The van der Waals surface area contributed by atoms with Crippen LogP contribution in [0.25, 0.3) is 11.2 Å². The van der Waals surface area contributed by atoms with Gasteiger partial charge >= 0.3 is 0 Å². The molecule has 2 aromatic heterocycles. The SMILES string of the molecule is Cc1c(Cl)cccc1S(=O)(=O)Nc1cc2nccnc2nc1OCc1ccc(Cl)c(OCCN(C)C)c1. The molecule has 0 amide bonds. The van der Waals surface area contributed by atoms with E-state index in [0.717, 1.165) is 12.1 Å². The lowest BCUT2D eigenvalue weighted by Crippen LogP contribution is -2.19. The maximum atomic E-state index is 13.2. The summed E-state index contributed by atoms with van der Waals surface area (Å²) in [5.74, 6) is 0.570. The minimum Gasteiger partial charge on any atom is -0.491 e. The Morgan fingerprint density at radius 2 is 1.78 bits per heavy atom. The van der Waals surface area contributed by atoms with E-state index in [9.17, 15) is 8.42 Å². The van der Waals surface area contributed by atoms with E-state index >= 15 is 0 Å². The van der Waals surface area contributed by atoms with Crippen LogP contribution in [0.5, 0.6) is 11.6 Å². The number of rotatable bonds is 10. The molecule has 0 bridgehead atoms. The van der Waals surface area contributed by atoms with Gasteiger partial charge in [-0.3, -0.25) is 9.71 Å². The van der Waals surface area contributed by atoms with Gasteiger partial charge in [-0.05, 0) is 62.5 Å². The van der Waals surface area contributed by atoms with E-state index in [-0.39, 0.29) is 23.1 Å². The third kappa shape index (κ3) is 6.58. The molecule has 0 radical (unpaired) electrons. The Balaban J connectivity index is 1.62. The molecule has 194 valence electrons. The highest BCUT2D eigenvalue weighted by atomic mass is 35.5. The first-order valence-electron chi connectivity index (χ1n) is 11.2. The van der Waals surface area contributed by atoms with Gasteiger partial charge in [0, 0.05) is 24.0 Å². The van der Waals surface area contributed by atoms with E-state index in [1.54, 1.807) is 37.3 Å². The Kier molecular flexibility index (Phi) is 8.33. The van der Waals surface area contributed by atoms with E-state index in [0.29, 0.717) is 39.1 Å². The second-order valence-corrected chi connectivity index (χ2v) is 10.9. The van der Waals surface area contributed by atoms with Crippen molar-refractivity contribution in [1.82, 2.24) is 19.9 Å². The lowest BCUT2D eigenvalue weighted by molar-refractivity contribution is 0.260. The smallest absolute Gasteiger partial charge is 0.262 e. The second kappa shape index (κ2) is 11.5. The molecule has 2 aromatic carbocycles. The van der Waals surface area contributed by atoms with Gasteiger partial charge in [0.1, 0.15) is 30.2 Å². The number of halogens is 2. The van der Waals surface area contributed by atoms with Gasteiger partial charge in [-0.1, -0.05) is 35.3 Å². The number of likely N-dealkylation sites (N-methyl/N-ethyl adjacent to an activating group) is 1. The van der Waals surface area contributed by atoms with Crippen LogP contribution in [0.15, 0.2) is 59.8 Å². The van der Waals surface area contributed by atoms with Gasteiger partial charge in [0.2, 0.25) is 5.88 Å². The van der Waals surface area contributed by atoms with Gasteiger partial charge in [-0.25, -0.2) is 13.4 Å². The van der Waals surface area contributed by atoms with Gasteiger partial charge in [0.05, 0.1) is 9.92 Å². The molecule has 2 heterocycles. The fourth-order valence-corrected chi connectivity index (χ4v) is 5.10. The monoisotopic (exact) mass is 561 g/mol. The number of pyridine rings is 1. The normalized spacial score (nSPS) is 11.6. The first kappa shape index (κ1) is 26.9. The number of sulfonamides is 1. The number of fused-ring (bicyclic) bond motifs is 1. The van der Waals surface area contributed by atoms with Crippen molar-refractivity contribution in [3.8, 4) is 11.6 Å². The molecule has 0 aliphatic rings. The van der Waals surface area contributed by atoms with Crippen LogP contribution in [0.1, 0.15) is 11.1 Å². The van der Waals surface area contributed by atoms with E-state index in [1.165, 1.54) is 24.5 Å². The molecule has 0 atom stereocenters. The van der Waals surface area contributed by atoms with Gasteiger partial charge < -0.3 is 14.4 Å². The van der Waals surface area contributed by atoms with Crippen molar-refractivity contribution in [3.63, 3.8) is 0 Å². The molecule has 0 aliphatic carbocycles. The summed E-state index contributed by atoms with van der Waals surface area (Å²) in [5, 5.41) is 0.820. The van der Waals surface area contributed by atoms with Crippen LogP contribution in [0.3, 0.4) is 0 Å². The van der Waals surface area contributed by atoms with Gasteiger partial charge in [-0.2, -0.15) is 4.98 Å². The van der Waals surface area contributed by atoms with Crippen LogP contribution < -0.4 is 14.2 Å². The Morgan fingerprint density at radius 3 is 2.57 bits per heavy atom. The zero-order valence-corrected chi connectivity index (χ0v) is 22.7. The molecule has 4 rings (SSSR count). The lowest BCUT2D eigenvalue weighted by Gasteiger charge is -2.16. The zero-order chi connectivity index (χ0) is 26.6. The highest BCUT2D eigenvalue weighted by Crippen LogP contribution is 2.31. The van der Waals surface area contributed by atoms with Gasteiger partial charge in [0.25, 0.3) is 10.0 Å². The van der Waals surface area contributed by atoms with Gasteiger partial charge in [0.15, 0.2) is 5.65 Å². The van der Waals surface area contributed by atoms with Crippen LogP contribution in [0.4, 0.5) is 5.69 Å². The minimum absolute atomic E-state index is 0.0429. The third-order valence-corrected chi connectivity index (χ3v) is 7.58. The Bertz CT molecular complexity index is 1530. The number of hydrogen-bond donors (Lipinski definition) is 1. The van der Waals surface area contributed by atoms with E-state index in [4.69, 9.17) is 32.7 Å². The van der Waals surface area contributed by atoms with Crippen LogP contribution in [0.2, 0.25) is 10.0 Å². The summed E-state index contributed by atoms with van der Waals surface area (Å²) < 4.78 is 40.8. The fourth-order valence-electron chi connectivity index (χ4n) is 3.38. The fraction of sp³-hybridized carbons (Fsp3) is 0.240. The standard InChI is InChI=1S/C25H25Cl2N5O4S/c1-16-18(26)5-4-6-23(16)37(33,34)31-21-14-20-24(29-10-9-28-20)30-25(21)36-15-17-7-8-19(27)22(13-17)35-12-11-32(2)3/h4-10,13-14,31H,11-12,15H2,1-3H3. The van der Waals surface area contributed by atoms with Gasteiger partial charge in [-0.15, -0.1) is 0 Å². The second-order valence-electron chi connectivity index (χ2n) is 8.41. The lowest BCUT2D eigenvalue weighted by atomic mass is 10.2. The van der Waals surface area contributed by atoms with Crippen molar-refractivity contribution < 1.29 is 17.9 Å². The van der Waals surface area contributed by atoms with Crippen LogP contribution in [0, 0.1) is 6.92 Å². The summed E-state index contributed by atoms with van der Waals surface area (Å²) in [5.41, 5.74) is 2.01. The summed E-state index contributed by atoms with van der Waals surface area (Å²) >= 11 is 12.4. The number of nitrogens with zero attached hydrogens (tertiary/aromatic N) is 4. The average molecular weight is 562 g/mol. The highest BCUT2D eigenvalue weighted by molar-refractivity contribution is 7.92. The quantitative estimate of drug-likeness (QED) is 0.289. The summed E-state index contributed by atoms with van der Waals surface area (Å²) in [6, 6.07) is 11.5. The molecule has 1 N–H and O–H groups in total. The largest absolute Gasteiger partial charge is 0.491 e. The summed E-state index contributed by atoms with van der Waals surface area (Å²) in [6.45, 7) is 2.91. The topological polar surface area (TPSA) is 107 Å². The number of aromatic nitrogens is 3. The molecule has 0 spiro atoms. The molecule has 9 nitrogen and oxygen atoms in total. The van der Waals surface area contributed by atoms with Crippen molar-refractivity contribution >= 4 is 50.1 Å². The van der Waals surface area contributed by atoms with E-state index < -0.39 is 10.0 Å². The Labute approximate surface area is 225 Å². The number of anilines is 1. The summed E-state index contributed by atoms with van der Waals surface area (Å²) in [4.78, 5) is 14.9. The van der Waals surface area contributed by atoms with Crippen molar-refractivity contribution in [2.75, 3.05) is 32.0 Å². The maximum Gasteiger partial charge on any atom is 0.262 e. The van der Waals surface area contributed by atoms with Crippen LogP contribution in [-0.2, 0) is 16.6 Å². The highest BCUT2D eigenvalue weighted by Gasteiger charge is 2.22. The molecule has 4 aromatic rings. The molecule has 0 saturated carbocycles. The Morgan fingerprint density at radius 1 is 1.00 bits per heavy atom. The molecule has 0 unspecified atom stereocenters. The van der Waals surface area contributed by atoms with Crippen LogP contribution in [-0.4, -0.2) is 55.5 Å². The third-order valence-electron chi connectivity index (χ3n) is 5.34. The van der Waals surface area contributed by atoms with E-state index in [1.807, 2.05) is 19.0 Å². The van der Waals surface area contributed by atoms with Crippen molar-refractivity contribution in [2.24, 2.45) is 0 Å². The maximum absolute atomic E-state index is 13.2. The van der Waals surface area contributed by atoms with Crippen LogP contribution >= 0.6 is 23.2 Å². The van der Waals surface area contributed by atoms with Crippen molar-refractivity contribution in [3.05, 3.63) is 76.0 Å². The minimum atomic E-state index is -4.01. The Hall–Kier alpha value is -3.18.